The molecule has 0 radical (unpaired) electrons. The third kappa shape index (κ3) is 5.71. The van der Waals surface area contributed by atoms with Crippen LogP contribution < -0.4 is 15.3 Å². The van der Waals surface area contributed by atoms with Crippen molar-refractivity contribution in [2.75, 3.05) is 18.0 Å². The minimum Gasteiger partial charge on any atom is -0.403 e. The van der Waals surface area contributed by atoms with Gasteiger partial charge in [-0.3, -0.25) is 9.78 Å². The molecule has 1 aliphatic rings. The molecule has 1 aromatic heterocycles. The zero-order valence-corrected chi connectivity index (χ0v) is 26.4. The van der Waals surface area contributed by atoms with Crippen molar-refractivity contribution in [1.82, 2.24) is 4.98 Å². The van der Waals surface area contributed by atoms with Gasteiger partial charge in [-0.15, -0.1) is 11.3 Å². The van der Waals surface area contributed by atoms with Crippen LogP contribution in [-0.2, 0) is 15.8 Å². The average molecular weight is 607 g/mol. The Morgan fingerprint density at radius 2 is 1.57 bits per heavy atom. The lowest BCUT2D eigenvalue weighted by Gasteiger charge is -2.43. The Morgan fingerprint density at radius 3 is 2.07 bits per heavy atom. The van der Waals surface area contributed by atoms with Gasteiger partial charge in [0.05, 0.1) is 40.5 Å². The number of ketones is 1. The topological polar surface area (TPSA) is 51.7 Å². The standard InChI is InChI=1S/C33H36F2N2O3SSi/c1-22-18-37(19-23(2)40-22)31-24(16-27(29(34)30(31)35)32(38)28-17-36-21-41-28)20-39-42(33(3,4)5,25-12-8-6-9-13-25)26-14-10-7-11-15-26/h6-17,21-23H,18-20H2,1-5H3/t22-,23+. The normalized spacial score (nSPS) is 17.8. The monoisotopic (exact) mass is 606 g/mol. The van der Waals surface area contributed by atoms with Crippen molar-refractivity contribution in [2.24, 2.45) is 0 Å². The van der Waals surface area contributed by atoms with E-state index in [1.54, 1.807) is 0 Å². The zero-order valence-electron chi connectivity index (χ0n) is 24.6. The van der Waals surface area contributed by atoms with Crippen LogP contribution in [0.1, 0.15) is 55.4 Å². The van der Waals surface area contributed by atoms with Crippen molar-refractivity contribution < 1.29 is 22.7 Å². The summed E-state index contributed by atoms with van der Waals surface area (Å²) in [6, 6.07) is 21.8. The molecule has 0 bridgehead atoms. The highest BCUT2D eigenvalue weighted by Crippen LogP contribution is 2.39. The van der Waals surface area contributed by atoms with E-state index in [1.165, 1.54) is 17.8 Å². The van der Waals surface area contributed by atoms with Crippen LogP contribution >= 0.6 is 11.3 Å². The number of anilines is 1. The predicted octanol–water partition coefficient (Wildman–Crippen LogP) is 6.34. The number of rotatable bonds is 8. The van der Waals surface area contributed by atoms with Crippen molar-refractivity contribution in [3.05, 3.63) is 106 Å². The molecule has 0 unspecified atom stereocenters. The number of carbonyl (C=O) groups is 1. The third-order valence-corrected chi connectivity index (χ3v) is 13.5. The highest BCUT2D eigenvalue weighted by atomic mass is 32.1. The maximum atomic E-state index is 16.2. The first-order valence-corrected chi connectivity index (χ1v) is 16.9. The number of hydrogen-bond donors (Lipinski definition) is 0. The van der Waals surface area contributed by atoms with E-state index in [9.17, 15) is 4.79 Å². The molecular weight excluding hydrogens is 571 g/mol. The second-order valence-electron chi connectivity index (χ2n) is 11.9. The third-order valence-electron chi connectivity index (χ3n) is 7.76. The van der Waals surface area contributed by atoms with Crippen LogP contribution in [-0.4, -0.2) is 44.4 Å². The Hall–Kier alpha value is -3.24. The van der Waals surface area contributed by atoms with Gasteiger partial charge in [0.25, 0.3) is 8.32 Å². The summed E-state index contributed by atoms with van der Waals surface area (Å²) in [5.41, 5.74) is 1.72. The number of morpholine rings is 1. The van der Waals surface area contributed by atoms with Gasteiger partial charge in [0.1, 0.15) is 0 Å². The largest absolute Gasteiger partial charge is 0.403 e. The van der Waals surface area contributed by atoms with Crippen LogP contribution in [0.5, 0.6) is 0 Å². The predicted molar refractivity (Wildman–Crippen MR) is 167 cm³/mol. The molecule has 220 valence electrons. The van der Waals surface area contributed by atoms with Crippen molar-refractivity contribution in [3.8, 4) is 0 Å². The number of aromatic nitrogens is 1. The minimum absolute atomic E-state index is 0.0110. The van der Waals surface area contributed by atoms with Crippen molar-refractivity contribution in [3.63, 3.8) is 0 Å². The molecule has 9 heteroatoms. The molecule has 0 amide bonds. The van der Waals surface area contributed by atoms with E-state index in [0.717, 1.165) is 21.7 Å². The first-order chi connectivity index (χ1) is 20.0. The smallest absolute Gasteiger partial charge is 0.261 e. The lowest BCUT2D eigenvalue weighted by atomic mass is 10.0. The van der Waals surface area contributed by atoms with Crippen LogP contribution in [0.25, 0.3) is 0 Å². The number of nitrogens with zero attached hydrogens (tertiary/aromatic N) is 2. The summed E-state index contributed by atoms with van der Waals surface area (Å²) in [5.74, 6) is -2.81. The summed E-state index contributed by atoms with van der Waals surface area (Å²) in [5, 5.41) is 1.82. The number of halogens is 2. The summed E-state index contributed by atoms with van der Waals surface area (Å²) < 4.78 is 44.9. The summed E-state index contributed by atoms with van der Waals surface area (Å²) in [6.07, 6.45) is 1.02. The molecule has 5 rings (SSSR count). The maximum absolute atomic E-state index is 16.2. The van der Waals surface area contributed by atoms with E-state index in [4.69, 9.17) is 9.16 Å². The molecular formula is C33H36F2N2O3SSi. The molecule has 5 nitrogen and oxygen atoms in total. The van der Waals surface area contributed by atoms with Gasteiger partial charge >= 0.3 is 0 Å². The Labute approximate surface area is 251 Å². The van der Waals surface area contributed by atoms with Gasteiger partial charge in [0, 0.05) is 24.8 Å². The average Bonchev–Trinajstić information content (AvgIpc) is 3.50. The van der Waals surface area contributed by atoms with E-state index in [1.807, 2.05) is 55.1 Å². The van der Waals surface area contributed by atoms with Gasteiger partial charge in [-0.25, -0.2) is 8.78 Å². The van der Waals surface area contributed by atoms with E-state index < -0.39 is 25.7 Å². The lowest BCUT2D eigenvalue weighted by molar-refractivity contribution is -0.00553. The SMILES string of the molecule is C[C@@H]1CN(c2c(CO[Si](c3ccccc3)(c3ccccc3)C(C)(C)C)cc(C(=O)c3cncs3)c(F)c2F)C[C@H](C)O1. The molecule has 42 heavy (non-hydrogen) atoms. The van der Waals surface area contributed by atoms with Gasteiger partial charge in [0.2, 0.25) is 5.78 Å². The second kappa shape index (κ2) is 12.2. The van der Waals surface area contributed by atoms with Crippen LogP contribution in [0.3, 0.4) is 0 Å². The summed E-state index contributed by atoms with van der Waals surface area (Å²) in [7, 11) is -3.01. The molecule has 2 atom stereocenters. The molecule has 2 heterocycles. The van der Waals surface area contributed by atoms with Crippen LogP contribution in [0.4, 0.5) is 14.5 Å². The number of hydrogen-bond acceptors (Lipinski definition) is 6. The van der Waals surface area contributed by atoms with Crippen LogP contribution in [0, 0.1) is 11.6 Å². The molecule has 0 aliphatic carbocycles. The Balaban J connectivity index is 1.68. The fourth-order valence-electron chi connectivity index (χ4n) is 6.05. The molecule has 1 saturated heterocycles. The van der Waals surface area contributed by atoms with E-state index in [2.05, 4.69) is 50.0 Å². The Kier molecular flexibility index (Phi) is 8.75. The molecule has 3 aromatic carbocycles. The first kappa shape index (κ1) is 30.2. The maximum Gasteiger partial charge on any atom is 0.261 e. The number of ether oxygens (including phenoxy) is 1. The Bertz CT molecular complexity index is 1480. The highest BCUT2D eigenvalue weighted by Gasteiger charge is 2.50. The number of benzene rings is 3. The van der Waals surface area contributed by atoms with Gasteiger partial charge < -0.3 is 14.1 Å². The van der Waals surface area contributed by atoms with Gasteiger partial charge in [-0.2, -0.15) is 0 Å². The quantitative estimate of drug-likeness (QED) is 0.173. The van der Waals surface area contributed by atoms with Gasteiger partial charge in [-0.1, -0.05) is 81.4 Å². The van der Waals surface area contributed by atoms with Crippen molar-refractivity contribution in [2.45, 2.75) is 58.5 Å². The Morgan fingerprint density at radius 1 is 1.00 bits per heavy atom. The van der Waals surface area contributed by atoms with E-state index in [-0.39, 0.29) is 40.0 Å². The van der Waals surface area contributed by atoms with Gasteiger partial charge in [0.15, 0.2) is 11.6 Å². The molecule has 0 saturated carbocycles. The molecule has 1 fully saturated rings. The second-order valence-corrected chi connectivity index (χ2v) is 17.1. The van der Waals surface area contributed by atoms with Crippen molar-refractivity contribution >= 4 is 41.5 Å². The van der Waals surface area contributed by atoms with E-state index in [0.29, 0.717) is 18.7 Å². The fraction of sp³-hybridized carbons (Fsp3) is 0.333. The van der Waals surface area contributed by atoms with Gasteiger partial charge in [-0.05, 0) is 35.3 Å². The summed E-state index contributed by atoms with van der Waals surface area (Å²) >= 11 is 1.09. The summed E-state index contributed by atoms with van der Waals surface area (Å²) in [4.78, 5) is 19.3. The first-order valence-electron chi connectivity index (χ1n) is 14.1. The molecule has 0 N–H and O–H groups in total. The molecule has 0 spiro atoms. The van der Waals surface area contributed by atoms with Crippen LogP contribution in [0.15, 0.2) is 78.4 Å². The van der Waals surface area contributed by atoms with E-state index >= 15 is 8.78 Å². The van der Waals surface area contributed by atoms with Crippen molar-refractivity contribution in [1.29, 1.82) is 0 Å². The number of thiazole rings is 1. The number of carbonyl (C=O) groups excluding carboxylic acids is 1. The highest BCUT2D eigenvalue weighted by molar-refractivity contribution is 7.11. The zero-order chi connectivity index (χ0) is 30.1. The summed E-state index contributed by atoms with van der Waals surface area (Å²) in [6.45, 7) is 11.1. The lowest BCUT2D eigenvalue weighted by Crippen LogP contribution is -2.66. The van der Waals surface area contributed by atoms with Crippen LogP contribution in [0.2, 0.25) is 5.04 Å². The molecule has 1 aliphatic heterocycles. The fourth-order valence-corrected chi connectivity index (χ4v) is 11.2. The minimum atomic E-state index is -3.01. The molecule has 4 aromatic rings.